The average molecular weight is 353 g/mol. The van der Waals surface area contributed by atoms with E-state index in [1.54, 1.807) is 11.3 Å². The van der Waals surface area contributed by atoms with Gasteiger partial charge in [-0.3, -0.25) is 4.79 Å². The topological polar surface area (TPSA) is 46.9 Å². The number of thiazole rings is 1. The Hall–Kier alpha value is -2.40. The fraction of sp³-hybridized carbons (Fsp3) is 0.300. The van der Waals surface area contributed by atoms with Crippen molar-refractivity contribution in [2.45, 2.75) is 40.8 Å². The van der Waals surface area contributed by atoms with Gasteiger partial charge < -0.3 is 9.88 Å². The molecule has 130 valence electrons. The molecule has 2 aromatic heterocycles. The van der Waals surface area contributed by atoms with Crippen molar-refractivity contribution in [2.75, 3.05) is 0 Å². The van der Waals surface area contributed by atoms with Crippen LogP contribution in [0.5, 0.6) is 0 Å². The molecule has 2 heterocycles. The molecule has 25 heavy (non-hydrogen) atoms. The van der Waals surface area contributed by atoms with Gasteiger partial charge in [0, 0.05) is 28.9 Å². The van der Waals surface area contributed by atoms with Crippen LogP contribution in [0.2, 0.25) is 0 Å². The molecule has 0 aliphatic heterocycles. The van der Waals surface area contributed by atoms with E-state index >= 15 is 0 Å². The summed E-state index contributed by atoms with van der Waals surface area (Å²) in [4.78, 5) is 16.9. The molecule has 0 unspecified atom stereocenters. The van der Waals surface area contributed by atoms with Crippen LogP contribution >= 0.6 is 11.3 Å². The Morgan fingerprint density at radius 2 is 1.88 bits per heavy atom. The van der Waals surface area contributed by atoms with Crippen LogP contribution in [-0.4, -0.2) is 15.5 Å². The largest absolute Gasteiger partial charge is 0.350 e. The first-order chi connectivity index (χ1) is 11.9. The van der Waals surface area contributed by atoms with Crippen LogP contribution in [0.25, 0.3) is 11.3 Å². The van der Waals surface area contributed by atoms with Crippen LogP contribution in [-0.2, 0) is 17.9 Å². The number of amides is 1. The molecule has 0 spiro atoms. The van der Waals surface area contributed by atoms with Crippen molar-refractivity contribution >= 4 is 17.2 Å². The molecule has 1 amide bonds. The summed E-state index contributed by atoms with van der Waals surface area (Å²) in [6, 6.07) is 10.3. The Labute approximate surface area is 152 Å². The van der Waals surface area contributed by atoms with Gasteiger partial charge in [0.2, 0.25) is 5.91 Å². The fourth-order valence-electron chi connectivity index (χ4n) is 2.90. The van der Waals surface area contributed by atoms with Crippen LogP contribution in [0, 0.1) is 27.7 Å². The number of aryl methyl sites for hydroxylation is 3. The molecule has 0 bridgehead atoms. The lowest BCUT2D eigenvalue weighted by molar-refractivity contribution is -0.121. The van der Waals surface area contributed by atoms with E-state index in [9.17, 15) is 4.79 Å². The summed E-state index contributed by atoms with van der Waals surface area (Å²) < 4.78 is 2.05. The predicted molar refractivity (Wildman–Crippen MR) is 103 cm³/mol. The van der Waals surface area contributed by atoms with E-state index in [2.05, 4.69) is 45.4 Å². The smallest absolute Gasteiger partial charge is 0.240 e. The van der Waals surface area contributed by atoms with Gasteiger partial charge in [0.05, 0.1) is 10.7 Å². The molecule has 1 aromatic carbocycles. The summed E-state index contributed by atoms with van der Waals surface area (Å²) in [6.07, 6.45) is 0. The number of nitrogens with zero attached hydrogens (tertiary/aromatic N) is 2. The number of benzene rings is 1. The first-order valence-corrected chi connectivity index (χ1v) is 9.23. The lowest BCUT2D eigenvalue weighted by Crippen LogP contribution is -2.27. The predicted octanol–water partition coefficient (Wildman–Crippen LogP) is 4.16. The summed E-state index contributed by atoms with van der Waals surface area (Å²) in [5.74, 6) is 0.0170. The minimum Gasteiger partial charge on any atom is -0.350 e. The second-order valence-electron chi connectivity index (χ2n) is 6.39. The van der Waals surface area contributed by atoms with Crippen molar-refractivity contribution in [1.82, 2.24) is 14.9 Å². The van der Waals surface area contributed by atoms with Gasteiger partial charge in [-0.05, 0) is 39.3 Å². The van der Waals surface area contributed by atoms with Crippen LogP contribution < -0.4 is 5.32 Å². The van der Waals surface area contributed by atoms with E-state index in [1.807, 2.05) is 32.9 Å². The minimum atomic E-state index is 0.0170. The Morgan fingerprint density at radius 3 is 2.52 bits per heavy atom. The highest BCUT2D eigenvalue weighted by atomic mass is 32.1. The zero-order valence-electron chi connectivity index (χ0n) is 15.1. The summed E-state index contributed by atoms with van der Waals surface area (Å²) in [5.41, 5.74) is 6.57. The van der Waals surface area contributed by atoms with Gasteiger partial charge in [-0.1, -0.05) is 29.8 Å². The summed E-state index contributed by atoms with van der Waals surface area (Å²) >= 11 is 1.64. The Balaban J connectivity index is 1.69. The Kier molecular flexibility index (Phi) is 5.04. The molecular weight excluding hydrogens is 330 g/mol. The van der Waals surface area contributed by atoms with E-state index in [-0.39, 0.29) is 5.91 Å². The molecule has 0 atom stereocenters. The van der Waals surface area contributed by atoms with Gasteiger partial charge in [-0.15, -0.1) is 11.3 Å². The first-order valence-electron chi connectivity index (χ1n) is 8.35. The molecular formula is C20H23N3OS. The SMILES string of the molecule is Cc1ccc(CNC(=O)Cn2c(C)cc(-c3csc(C)n3)c2C)cc1. The third-order valence-electron chi connectivity index (χ3n) is 4.38. The normalized spacial score (nSPS) is 10.9. The number of carbonyl (C=O) groups excluding carboxylic acids is 1. The van der Waals surface area contributed by atoms with Crippen LogP contribution in [0.1, 0.15) is 27.5 Å². The van der Waals surface area contributed by atoms with E-state index in [0.717, 1.165) is 33.2 Å². The number of hydrogen-bond donors (Lipinski definition) is 1. The molecule has 3 aromatic rings. The van der Waals surface area contributed by atoms with Gasteiger partial charge in [-0.25, -0.2) is 4.98 Å². The van der Waals surface area contributed by atoms with Crippen molar-refractivity contribution in [2.24, 2.45) is 0 Å². The second kappa shape index (κ2) is 7.23. The highest BCUT2D eigenvalue weighted by Gasteiger charge is 2.15. The molecule has 0 aliphatic rings. The number of nitrogens with one attached hydrogen (secondary N) is 1. The quantitative estimate of drug-likeness (QED) is 0.748. The highest BCUT2D eigenvalue weighted by Crippen LogP contribution is 2.27. The molecule has 0 fully saturated rings. The third kappa shape index (κ3) is 3.99. The van der Waals surface area contributed by atoms with Gasteiger partial charge >= 0.3 is 0 Å². The lowest BCUT2D eigenvalue weighted by atomic mass is 10.1. The molecule has 0 saturated carbocycles. The van der Waals surface area contributed by atoms with Crippen molar-refractivity contribution in [3.63, 3.8) is 0 Å². The van der Waals surface area contributed by atoms with Crippen molar-refractivity contribution < 1.29 is 4.79 Å². The molecule has 1 N–H and O–H groups in total. The maximum Gasteiger partial charge on any atom is 0.240 e. The molecule has 3 rings (SSSR count). The monoisotopic (exact) mass is 353 g/mol. The van der Waals surface area contributed by atoms with Gasteiger partial charge in [0.25, 0.3) is 0 Å². The number of carbonyl (C=O) groups is 1. The zero-order chi connectivity index (χ0) is 18.0. The lowest BCUT2D eigenvalue weighted by Gasteiger charge is -2.10. The van der Waals surface area contributed by atoms with Gasteiger partial charge in [-0.2, -0.15) is 0 Å². The fourth-order valence-corrected chi connectivity index (χ4v) is 3.51. The third-order valence-corrected chi connectivity index (χ3v) is 5.15. The van der Waals surface area contributed by atoms with Crippen molar-refractivity contribution in [3.05, 3.63) is 63.2 Å². The van der Waals surface area contributed by atoms with Gasteiger partial charge in [0.15, 0.2) is 0 Å². The van der Waals surface area contributed by atoms with E-state index in [1.165, 1.54) is 5.56 Å². The Bertz CT molecular complexity index is 890. The average Bonchev–Trinajstić information content (AvgIpc) is 3.12. The standard InChI is InChI=1S/C20H23N3OS/c1-13-5-7-17(8-6-13)10-21-20(24)11-23-14(2)9-18(15(23)3)19-12-25-16(4)22-19/h5-9,12H,10-11H2,1-4H3,(H,21,24). The maximum atomic E-state index is 12.4. The van der Waals surface area contributed by atoms with Crippen LogP contribution in [0.4, 0.5) is 0 Å². The maximum absolute atomic E-state index is 12.4. The van der Waals surface area contributed by atoms with Crippen LogP contribution in [0.15, 0.2) is 35.7 Å². The van der Waals surface area contributed by atoms with Crippen LogP contribution in [0.3, 0.4) is 0 Å². The molecule has 0 radical (unpaired) electrons. The zero-order valence-corrected chi connectivity index (χ0v) is 15.9. The molecule has 0 saturated heterocycles. The number of rotatable bonds is 5. The molecule has 0 aliphatic carbocycles. The van der Waals surface area contributed by atoms with Crippen molar-refractivity contribution in [1.29, 1.82) is 0 Å². The summed E-state index contributed by atoms with van der Waals surface area (Å²) in [5, 5.41) is 6.12. The number of hydrogen-bond acceptors (Lipinski definition) is 3. The van der Waals surface area contributed by atoms with Crippen molar-refractivity contribution in [3.8, 4) is 11.3 Å². The van der Waals surface area contributed by atoms with E-state index in [0.29, 0.717) is 13.1 Å². The number of aromatic nitrogens is 2. The van der Waals surface area contributed by atoms with E-state index in [4.69, 9.17) is 0 Å². The second-order valence-corrected chi connectivity index (χ2v) is 7.45. The summed E-state index contributed by atoms with van der Waals surface area (Å²) in [6.45, 7) is 9.02. The minimum absolute atomic E-state index is 0.0170. The van der Waals surface area contributed by atoms with E-state index < -0.39 is 0 Å². The summed E-state index contributed by atoms with van der Waals surface area (Å²) in [7, 11) is 0. The Morgan fingerprint density at radius 1 is 1.16 bits per heavy atom. The first kappa shape index (κ1) is 17.4. The highest BCUT2D eigenvalue weighted by molar-refractivity contribution is 7.09. The molecule has 5 heteroatoms. The molecule has 4 nitrogen and oxygen atoms in total. The van der Waals surface area contributed by atoms with Gasteiger partial charge in [0.1, 0.15) is 6.54 Å².